The second-order valence-corrected chi connectivity index (χ2v) is 3.56. The summed E-state index contributed by atoms with van der Waals surface area (Å²) in [7, 11) is 0. The van der Waals surface area contributed by atoms with Crippen LogP contribution in [0.3, 0.4) is 0 Å². The molecule has 0 aromatic carbocycles. The van der Waals surface area contributed by atoms with Crippen molar-refractivity contribution in [3.05, 3.63) is 22.9 Å². The summed E-state index contributed by atoms with van der Waals surface area (Å²) in [6.07, 6.45) is -3.80. The van der Waals surface area contributed by atoms with Crippen LogP contribution in [0.2, 0.25) is 0 Å². The molecule has 0 unspecified atom stereocenters. The number of hydrogen-bond acceptors (Lipinski definition) is 5. The number of halogens is 3. The molecule has 0 fully saturated rings. The van der Waals surface area contributed by atoms with E-state index >= 15 is 0 Å². The van der Waals surface area contributed by atoms with Gasteiger partial charge in [-0.15, -0.1) is 13.2 Å². The predicted octanol–water partition coefficient (Wildman–Crippen LogP) is 1.92. The van der Waals surface area contributed by atoms with Crippen molar-refractivity contribution in [2.24, 2.45) is 5.73 Å². The van der Waals surface area contributed by atoms with Crippen molar-refractivity contribution in [1.29, 1.82) is 0 Å². The van der Waals surface area contributed by atoms with Gasteiger partial charge in [0.2, 0.25) is 5.88 Å². The Morgan fingerprint density at radius 1 is 1.47 bits per heavy atom. The molecule has 0 radical (unpaired) electrons. The summed E-state index contributed by atoms with van der Waals surface area (Å²) < 4.78 is 45.2. The van der Waals surface area contributed by atoms with Gasteiger partial charge in [0.1, 0.15) is 5.56 Å². The smallest absolute Gasteiger partial charge is 0.462 e. The fourth-order valence-electron chi connectivity index (χ4n) is 1.46. The first-order chi connectivity index (χ1) is 8.80. The zero-order valence-corrected chi connectivity index (χ0v) is 10.4. The summed E-state index contributed by atoms with van der Waals surface area (Å²) in [6, 6.07) is 0. The van der Waals surface area contributed by atoms with E-state index in [4.69, 9.17) is 10.5 Å². The number of carbonyl (C=O) groups is 1. The van der Waals surface area contributed by atoms with Gasteiger partial charge >= 0.3 is 12.3 Å². The fraction of sp³-hybridized carbons (Fsp3) is 0.455. The number of pyridine rings is 1. The van der Waals surface area contributed by atoms with Crippen LogP contribution in [0.4, 0.5) is 13.2 Å². The summed E-state index contributed by atoms with van der Waals surface area (Å²) in [5, 5.41) is 0. The predicted molar refractivity (Wildman–Crippen MR) is 59.5 cm³/mol. The number of nitrogens with zero attached hydrogens (tertiary/aromatic N) is 1. The molecular weight excluding hydrogens is 265 g/mol. The van der Waals surface area contributed by atoms with Gasteiger partial charge in [0.25, 0.3) is 0 Å². The molecule has 0 amide bonds. The molecule has 1 rings (SSSR count). The summed E-state index contributed by atoms with van der Waals surface area (Å²) in [5.74, 6) is -1.76. The lowest BCUT2D eigenvalue weighted by atomic mass is 10.1. The molecule has 1 heterocycles. The summed E-state index contributed by atoms with van der Waals surface area (Å²) in [4.78, 5) is 15.2. The Kier molecular flexibility index (Phi) is 4.71. The molecule has 0 spiro atoms. The lowest BCUT2D eigenvalue weighted by molar-refractivity contribution is -0.276. The van der Waals surface area contributed by atoms with Gasteiger partial charge in [-0.25, -0.2) is 9.78 Å². The zero-order valence-electron chi connectivity index (χ0n) is 10.4. The second-order valence-electron chi connectivity index (χ2n) is 3.56. The van der Waals surface area contributed by atoms with Crippen LogP contribution in [0.1, 0.15) is 28.4 Å². The lowest BCUT2D eigenvalue weighted by Gasteiger charge is -2.15. The van der Waals surface area contributed by atoms with Crippen molar-refractivity contribution in [2.75, 3.05) is 6.61 Å². The van der Waals surface area contributed by atoms with E-state index < -0.39 is 18.2 Å². The third-order valence-electron chi connectivity index (χ3n) is 2.32. The third-order valence-corrected chi connectivity index (χ3v) is 2.32. The number of carbonyl (C=O) groups excluding carboxylic acids is 1. The van der Waals surface area contributed by atoms with Gasteiger partial charge in [-0.05, 0) is 25.0 Å². The van der Waals surface area contributed by atoms with Crippen LogP contribution in [-0.4, -0.2) is 23.9 Å². The van der Waals surface area contributed by atoms with Crippen LogP contribution in [0.15, 0.2) is 6.20 Å². The fourth-order valence-corrected chi connectivity index (χ4v) is 1.46. The average Bonchev–Trinajstić information content (AvgIpc) is 2.27. The highest BCUT2D eigenvalue weighted by molar-refractivity contribution is 5.93. The van der Waals surface area contributed by atoms with Gasteiger partial charge in [0.05, 0.1) is 6.61 Å². The Bertz CT molecular complexity index is 475. The van der Waals surface area contributed by atoms with Gasteiger partial charge in [0.15, 0.2) is 0 Å². The van der Waals surface area contributed by atoms with Crippen molar-refractivity contribution in [3.63, 3.8) is 0 Å². The topological polar surface area (TPSA) is 74.4 Å². The van der Waals surface area contributed by atoms with E-state index in [1.54, 1.807) is 0 Å². The van der Waals surface area contributed by atoms with Crippen LogP contribution in [0, 0.1) is 6.92 Å². The van der Waals surface area contributed by atoms with E-state index in [-0.39, 0.29) is 24.3 Å². The highest BCUT2D eigenvalue weighted by Gasteiger charge is 2.35. The molecule has 19 heavy (non-hydrogen) atoms. The third kappa shape index (κ3) is 3.82. The molecular formula is C11H13F3N2O3. The summed E-state index contributed by atoms with van der Waals surface area (Å²) in [6.45, 7) is 3.06. The molecule has 0 aliphatic carbocycles. The first-order valence-corrected chi connectivity index (χ1v) is 5.41. The Hall–Kier alpha value is -1.83. The molecule has 1 aromatic heterocycles. The van der Waals surface area contributed by atoms with Crippen LogP contribution in [0.25, 0.3) is 0 Å². The Labute approximate surface area is 107 Å². The molecule has 2 N–H and O–H groups in total. The van der Waals surface area contributed by atoms with Crippen LogP contribution >= 0.6 is 0 Å². The van der Waals surface area contributed by atoms with E-state index in [1.165, 1.54) is 13.8 Å². The first kappa shape index (κ1) is 15.2. The minimum atomic E-state index is -4.94. The number of aromatic nitrogens is 1. The maximum atomic E-state index is 12.2. The number of esters is 1. The number of hydrogen-bond donors (Lipinski definition) is 1. The largest absolute Gasteiger partial charge is 0.574 e. The van der Waals surface area contributed by atoms with Crippen molar-refractivity contribution in [2.45, 2.75) is 26.8 Å². The number of alkyl halides is 3. The van der Waals surface area contributed by atoms with E-state index in [2.05, 4.69) is 9.72 Å². The second kappa shape index (κ2) is 5.87. The first-order valence-electron chi connectivity index (χ1n) is 5.41. The van der Waals surface area contributed by atoms with Gasteiger partial charge in [-0.3, -0.25) is 0 Å². The SMILES string of the molecule is CCOC(=O)c1c(OC(F)(F)F)ncc(CN)c1C. The molecule has 106 valence electrons. The van der Waals surface area contributed by atoms with Crippen molar-refractivity contribution < 1.29 is 27.4 Å². The van der Waals surface area contributed by atoms with Crippen LogP contribution in [-0.2, 0) is 11.3 Å². The minimum Gasteiger partial charge on any atom is -0.462 e. The molecule has 0 saturated heterocycles. The molecule has 1 aromatic rings. The van der Waals surface area contributed by atoms with Crippen LogP contribution in [0.5, 0.6) is 5.88 Å². The quantitative estimate of drug-likeness (QED) is 0.852. The number of rotatable bonds is 4. The standard InChI is InChI=1S/C11H13F3N2O3/c1-3-18-10(17)8-6(2)7(4-15)5-16-9(8)19-11(12,13)14/h5H,3-4,15H2,1-2H3. The monoisotopic (exact) mass is 278 g/mol. The maximum absolute atomic E-state index is 12.2. The molecule has 0 saturated carbocycles. The van der Waals surface area contributed by atoms with Gasteiger partial charge in [-0.2, -0.15) is 0 Å². The van der Waals surface area contributed by atoms with E-state index in [1.807, 2.05) is 0 Å². The molecule has 0 aliphatic heterocycles. The molecule has 5 nitrogen and oxygen atoms in total. The van der Waals surface area contributed by atoms with E-state index in [9.17, 15) is 18.0 Å². The molecule has 0 atom stereocenters. The van der Waals surface area contributed by atoms with Crippen molar-refractivity contribution in [1.82, 2.24) is 4.98 Å². The molecule has 8 heteroatoms. The van der Waals surface area contributed by atoms with E-state index in [0.717, 1.165) is 6.20 Å². The number of ether oxygens (including phenoxy) is 2. The number of nitrogens with two attached hydrogens (primary N) is 1. The molecule has 0 aliphatic rings. The highest BCUT2D eigenvalue weighted by Crippen LogP contribution is 2.28. The van der Waals surface area contributed by atoms with E-state index in [0.29, 0.717) is 5.56 Å². The zero-order chi connectivity index (χ0) is 14.6. The molecule has 0 bridgehead atoms. The highest BCUT2D eigenvalue weighted by atomic mass is 19.4. The van der Waals surface area contributed by atoms with Crippen molar-refractivity contribution >= 4 is 5.97 Å². The average molecular weight is 278 g/mol. The summed E-state index contributed by atoms with van der Waals surface area (Å²) >= 11 is 0. The van der Waals surface area contributed by atoms with Crippen molar-refractivity contribution in [3.8, 4) is 5.88 Å². The maximum Gasteiger partial charge on any atom is 0.574 e. The lowest BCUT2D eigenvalue weighted by Crippen LogP contribution is -2.22. The van der Waals surface area contributed by atoms with Gasteiger partial charge in [0, 0.05) is 12.7 Å². The van der Waals surface area contributed by atoms with Gasteiger partial charge in [-0.1, -0.05) is 0 Å². The Morgan fingerprint density at radius 3 is 2.58 bits per heavy atom. The van der Waals surface area contributed by atoms with Gasteiger partial charge < -0.3 is 15.2 Å². The minimum absolute atomic E-state index is 0.0244. The Morgan fingerprint density at radius 2 is 2.11 bits per heavy atom. The Balaban J connectivity index is 3.30. The normalized spacial score (nSPS) is 11.3. The van der Waals surface area contributed by atoms with Crippen LogP contribution < -0.4 is 10.5 Å². The summed E-state index contributed by atoms with van der Waals surface area (Å²) in [5.41, 5.74) is 5.76.